The van der Waals surface area contributed by atoms with Crippen molar-refractivity contribution in [3.05, 3.63) is 42.2 Å². The molecule has 1 aliphatic rings. The van der Waals surface area contributed by atoms with Gasteiger partial charge in [0.15, 0.2) is 24.4 Å². The maximum Gasteiger partial charge on any atom is 0.417 e. The van der Waals surface area contributed by atoms with Crippen molar-refractivity contribution in [3.8, 4) is 11.1 Å². The third kappa shape index (κ3) is 4.24. The third-order valence-corrected chi connectivity index (χ3v) is 9.33. The number of ether oxygens (including phenoxy) is 1. The van der Waals surface area contributed by atoms with Crippen molar-refractivity contribution in [3.63, 3.8) is 0 Å². The van der Waals surface area contributed by atoms with Gasteiger partial charge in [0.2, 0.25) is 0 Å². The van der Waals surface area contributed by atoms with E-state index < -0.39 is 59.6 Å². The second-order valence-corrected chi connectivity index (χ2v) is 11.9. The van der Waals surface area contributed by atoms with Crippen LogP contribution in [-0.4, -0.2) is 57.1 Å². The number of halogens is 3. The first-order valence-corrected chi connectivity index (χ1v) is 12.9. The van der Waals surface area contributed by atoms with Gasteiger partial charge in [-0.05, 0) is 43.0 Å². The van der Waals surface area contributed by atoms with Gasteiger partial charge in [-0.3, -0.25) is 9.78 Å². The molecule has 1 fully saturated rings. The zero-order valence-corrected chi connectivity index (χ0v) is 19.1. The Hall–Kier alpha value is -2.51. The lowest BCUT2D eigenvalue weighted by atomic mass is 10.0. The van der Waals surface area contributed by atoms with E-state index in [-0.39, 0.29) is 28.9 Å². The van der Waals surface area contributed by atoms with E-state index in [1.165, 1.54) is 0 Å². The molecule has 0 amide bonds. The highest BCUT2D eigenvalue weighted by Crippen LogP contribution is 2.46. The van der Waals surface area contributed by atoms with Crippen molar-refractivity contribution in [1.29, 1.82) is 0 Å². The molecule has 1 N–H and O–H groups in total. The van der Waals surface area contributed by atoms with Crippen LogP contribution in [0, 0.1) is 0 Å². The van der Waals surface area contributed by atoms with Crippen molar-refractivity contribution in [2.45, 2.75) is 46.1 Å². The molecular weight excluding hydrogens is 487 g/mol. The van der Waals surface area contributed by atoms with Crippen LogP contribution in [0.2, 0.25) is 0 Å². The number of aromatic nitrogens is 1. The maximum atomic E-state index is 14.0. The van der Waals surface area contributed by atoms with Gasteiger partial charge in [0.05, 0.1) is 21.5 Å². The molecule has 0 aliphatic heterocycles. The average Bonchev–Trinajstić information content (AvgIpc) is 3.18. The van der Waals surface area contributed by atoms with E-state index in [0.717, 1.165) is 37.9 Å². The zero-order valence-electron chi connectivity index (χ0n) is 17.5. The molecule has 8 nitrogen and oxygen atoms in total. The van der Waals surface area contributed by atoms with Gasteiger partial charge in [0.1, 0.15) is 0 Å². The molecule has 0 spiro atoms. The summed E-state index contributed by atoms with van der Waals surface area (Å²) >= 11 is 0. The fourth-order valence-electron chi connectivity index (χ4n) is 4.06. The maximum absolute atomic E-state index is 14.0. The molecule has 1 heterocycles. The molecule has 13 heteroatoms. The lowest BCUT2D eigenvalue weighted by molar-refractivity contribution is -0.144. The number of aliphatic carboxylic acids is 1. The van der Waals surface area contributed by atoms with Crippen LogP contribution in [0.15, 0.2) is 46.5 Å². The summed E-state index contributed by atoms with van der Waals surface area (Å²) in [6.45, 7) is 0. The molecule has 0 bridgehead atoms. The minimum Gasteiger partial charge on any atom is -0.480 e. The molecule has 1 saturated carbocycles. The predicted molar refractivity (Wildman–Crippen MR) is 110 cm³/mol. The highest BCUT2D eigenvalue weighted by molar-refractivity contribution is 7.93. The largest absolute Gasteiger partial charge is 0.480 e. The number of methoxy groups -OCH3 is 1. The van der Waals surface area contributed by atoms with Gasteiger partial charge in [-0.2, -0.15) is 13.2 Å². The van der Waals surface area contributed by atoms with Gasteiger partial charge >= 0.3 is 12.1 Å². The number of carbonyl (C=O) groups is 1. The van der Waals surface area contributed by atoms with Gasteiger partial charge < -0.3 is 9.84 Å². The molecule has 0 saturated heterocycles. The molecule has 3 rings (SSSR count). The van der Waals surface area contributed by atoms with E-state index in [1.54, 1.807) is 0 Å². The minimum atomic E-state index is -5.15. The van der Waals surface area contributed by atoms with Gasteiger partial charge in [-0.15, -0.1) is 0 Å². The van der Waals surface area contributed by atoms with Crippen molar-refractivity contribution in [2.24, 2.45) is 0 Å². The molecule has 1 aromatic heterocycles. The highest BCUT2D eigenvalue weighted by Gasteiger charge is 2.61. The predicted octanol–water partition coefficient (Wildman–Crippen LogP) is 2.97. The van der Waals surface area contributed by atoms with E-state index in [0.29, 0.717) is 12.1 Å². The zero-order chi connectivity index (χ0) is 24.8. The summed E-state index contributed by atoms with van der Waals surface area (Å²) in [7, 11) is -7.65. The van der Waals surface area contributed by atoms with Crippen molar-refractivity contribution in [1.82, 2.24) is 4.98 Å². The van der Waals surface area contributed by atoms with E-state index in [4.69, 9.17) is 4.74 Å². The summed E-state index contributed by atoms with van der Waals surface area (Å²) in [5.41, 5.74) is -1.69. The number of nitrogens with zero attached hydrogens (tertiary/aromatic N) is 1. The Labute approximate surface area is 188 Å². The molecule has 180 valence electrons. The summed E-state index contributed by atoms with van der Waals surface area (Å²) in [6, 6.07) is 3.40. The quantitative estimate of drug-likeness (QED) is 0.632. The van der Waals surface area contributed by atoms with Crippen LogP contribution in [0.25, 0.3) is 11.1 Å². The molecule has 2 unspecified atom stereocenters. The number of alkyl halides is 3. The van der Waals surface area contributed by atoms with Crippen LogP contribution in [0.5, 0.6) is 0 Å². The summed E-state index contributed by atoms with van der Waals surface area (Å²) < 4.78 is 94.8. The first kappa shape index (κ1) is 25.1. The Morgan fingerprint density at radius 1 is 1.15 bits per heavy atom. The number of sulfone groups is 2. The number of rotatable bonds is 6. The smallest absolute Gasteiger partial charge is 0.417 e. The van der Waals surface area contributed by atoms with Crippen LogP contribution in [-0.2, 0) is 35.4 Å². The summed E-state index contributed by atoms with van der Waals surface area (Å²) in [5, 5.41) is 9.79. The van der Waals surface area contributed by atoms with Gasteiger partial charge in [0, 0.05) is 31.3 Å². The van der Waals surface area contributed by atoms with Crippen molar-refractivity contribution in [2.75, 3.05) is 13.4 Å². The van der Waals surface area contributed by atoms with Crippen molar-refractivity contribution >= 4 is 25.6 Å². The van der Waals surface area contributed by atoms with Gasteiger partial charge in [-0.25, -0.2) is 16.8 Å². The first-order valence-electron chi connectivity index (χ1n) is 9.54. The van der Waals surface area contributed by atoms with Crippen LogP contribution in [0.1, 0.15) is 24.8 Å². The number of carboxylic acid groups (broad SMARTS) is 1. The van der Waals surface area contributed by atoms with E-state index >= 15 is 0 Å². The number of hydrogen-bond donors (Lipinski definition) is 1. The summed E-state index contributed by atoms with van der Waals surface area (Å²) in [6.07, 6.45) is -3.60. The van der Waals surface area contributed by atoms with E-state index in [2.05, 4.69) is 4.98 Å². The van der Waals surface area contributed by atoms with Gasteiger partial charge in [0.25, 0.3) is 0 Å². The lowest BCUT2D eigenvalue weighted by Crippen LogP contribution is -2.53. The number of benzene rings is 1. The molecular formula is C20H20F3NO7S2. The summed E-state index contributed by atoms with van der Waals surface area (Å²) in [5.74, 6) is -1.78. The van der Waals surface area contributed by atoms with Gasteiger partial charge in [-0.1, -0.05) is 6.07 Å². The SMILES string of the molecule is COC1CCCC1(C(=O)O)S(=O)(=O)c1ccc(-c2cncc(S(C)(=O)=O)c2)cc1C(F)(F)F. The number of carboxylic acids is 1. The van der Waals surface area contributed by atoms with Crippen LogP contribution in [0.3, 0.4) is 0 Å². The molecule has 2 aromatic rings. The number of pyridine rings is 1. The summed E-state index contributed by atoms with van der Waals surface area (Å²) in [4.78, 5) is 14.4. The topological polar surface area (TPSA) is 128 Å². The van der Waals surface area contributed by atoms with E-state index in [1.807, 2.05) is 0 Å². The average molecular weight is 508 g/mol. The molecule has 2 atom stereocenters. The third-order valence-electron chi connectivity index (χ3n) is 5.71. The van der Waals surface area contributed by atoms with Crippen molar-refractivity contribution < 1.29 is 44.6 Å². The fourth-order valence-corrected chi connectivity index (χ4v) is 6.96. The molecule has 1 aromatic carbocycles. The van der Waals surface area contributed by atoms with Crippen LogP contribution >= 0.6 is 0 Å². The van der Waals surface area contributed by atoms with Crippen LogP contribution in [0.4, 0.5) is 13.2 Å². The first-order chi connectivity index (χ1) is 15.2. The monoisotopic (exact) mass is 507 g/mol. The lowest BCUT2D eigenvalue weighted by Gasteiger charge is -2.31. The Morgan fingerprint density at radius 2 is 1.82 bits per heavy atom. The number of hydrogen-bond acceptors (Lipinski definition) is 7. The molecule has 1 aliphatic carbocycles. The van der Waals surface area contributed by atoms with E-state index in [9.17, 15) is 39.9 Å². The Kier molecular flexibility index (Phi) is 6.37. The second kappa shape index (κ2) is 8.37. The molecule has 33 heavy (non-hydrogen) atoms. The van der Waals surface area contributed by atoms with Crippen LogP contribution < -0.4 is 0 Å². The fraction of sp³-hybridized carbons (Fsp3) is 0.400. The second-order valence-electron chi connectivity index (χ2n) is 7.70. The Balaban J connectivity index is 2.26. The Bertz CT molecular complexity index is 1310. The Morgan fingerprint density at radius 3 is 2.36 bits per heavy atom. The minimum absolute atomic E-state index is 0.0101. The standard InChI is InChI=1S/C20H20F3NO7S2/c1-31-17-4-3-7-19(17,18(25)26)33(29,30)16-6-5-12(9-15(16)20(21,22)23)13-8-14(11-24-10-13)32(2,27)28/h5-6,8-11,17H,3-4,7H2,1-2H3,(H,25,26). The molecule has 0 radical (unpaired) electrons. The normalized spacial score (nSPS) is 21.8. The highest BCUT2D eigenvalue weighted by atomic mass is 32.2.